The zero-order valence-corrected chi connectivity index (χ0v) is 13.3. The van der Waals surface area contributed by atoms with Gasteiger partial charge in [-0.25, -0.2) is 4.39 Å². The third-order valence-corrected chi connectivity index (χ3v) is 4.10. The van der Waals surface area contributed by atoms with Crippen LogP contribution in [0.15, 0.2) is 39.3 Å². The van der Waals surface area contributed by atoms with E-state index in [1.165, 1.54) is 12.1 Å². The van der Waals surface area contributed by atoms with Gasteiger partial charge < -0.3 is 5.32 Å². The van der Waals surface area contributed by atoms with Gasteiger partial charge in [-0.3, -0.25) is 0 Å². The number of rotatable bonds is 2. The smallest absolute Gasteiger partial charge is 0.162 e. The van der Waals surface area contributed by atoms with Crippen LogP contribution in [0.1, 0.15) is 5.56 Å². The molecule has 0 aliphatic rings. The lowest BCUT2D eigenvalue weighted by atomic mass is 10.2. The fraction of sp³-hybridized carbons (Fsp3) is 0. The Morgan fingerprint density at radius 2 is 1.89 bits per heavy atom. The van der Waals surface area contributed by atoms with E-state index in [1.54, 1.807) is 18.2 Å². The van der Waals surface area contributed by atoms with E-state index in [4.69, 9.17) is 16.9 Å². The fourth-order valence-electron chi connectivity index (χ4n) is 1.47. The van der Waals surface area contributed by atoms with Crippen LogP contribution in [0.3, 0.4) is 0 Å². The molecular weight excluding hydrogens is 398 g/mol. The van der Waals surface area contributed by atoms with Gasteiger partial charge in [-0.2, -0.15) is 5.26 Å². The molecule has 0 saturated carbocycles. The van der Waals surface area contributed by atoms with Crippen molar-refractivity contribution in [1.82, 2.24) is 0 Å². The summed E-state index contributed by atoms with van der Waals surface area (Å²) < 4.78 is 15.0. The van der Waals surface area contributed by atoms with E-state index < -0.39 is 5.82 Å². The highest BCUT2D eigenvalue weighted by Gasteiger charge is 2.12. The van der Waals surface area contributed by atoms with E-state index in [2.05, 4.69) is 37.2 Å². The van der Waals surface area contributed by atoms with Crippen molar-refractivity contribution < 1.29 is 4.39 Å². The standard InChI is InChI=1S/C13H6Br2ClFN2/c14-9-3-2-8(16)5-11(9)19-10-4-1-7(6-18)12(15)13(10)17/h1-5,19H. The molecule has 2 nitrogen and oxygen atoms in total. The Morgan fingerprint density at radius 3 is 2.58 bits per heavy atom. The van der Waals surface area contributed by atoms with Crippen LogP contribution in [0.25, 0.3) is 0 Å². The Kier molecular flexibility index (Phi) is 4.46. The topological polar surface area (TPSA) is 35.8 Å². The zero-order chi connectivity index (χ0) is 14.0. The summed E-state index contributed by atoms with van der Waals surface area (Å²) in [6.45, 7) is 0. The minimum absolute atomic E-state index is 0.137. The van der Waals surface area contributed by atoms with Crippen LogP contribution in [-0.4, -0.2) is 0 Å². The maximum Gasteiger partial charge on any atom is 0.162 e. The van der Waals surface area contributed by atoms with E-state index in [-0.39, 0.29) is 15.7 Å². The van der Waals surface area contributed by atoms with Crippen LogP contribution in [0.5, 0.6) is 0 Å². The number of hydrogen-bond donors (Lipinski definition) is 1. The molecule has 0 amide bonds. The van der Waals surface area contributed by atoms with Crippen molar-refractivity contribution in [2.45, 2.75) is 0 Å². The van der Waals surface area contributed by atoms with Gasteiger partial charge in [0, 0.05) is 9.50 Å². The number of nitrogens with zero attached hydrogens (tertiary/aromatic N) is 1. The maximum atomic E-state index is 14.1. The van der Waals surface area contributed by atoms with Gasteiger partial charge in [0.1, 0.15) is 6.07 Å². The van der Waals surface area contributed by atoms with E-state index in [1.807, 2.05) is 6.07 Å². The molecule has 0 radical (unpaired) electrons. The van der Waals surface area contributed by atoms with Gasteiger partial charge in [-0.1, -0.05) is 11.6 Å². The molecule has 0 aliphatic heterocycles. The predicted octanol–water partition coefficient (Wildman–Crippen LogP) is 5.62. The third-order valence-electron chi connectivity index (χ3n) is 2.40. The summed E-state index contributed by atoms with van der Waals surface area (Å²) >= 11 is 12.3. The Morgan fingerprint density at radius 1 is 1.16 bits per heavy atom. The fourth-order valence-corrected chi connectivity index (χ4v) is 2.42. The summed E-state index contributed by atoms with van der Waals surface area (Å²) in [6.07, 6.45) is 0. The van der Waals surface area contributed by atoms with Crippen LogP contribution in [0.2, 0.25) is 5.02 Å². The second kappa shape index (κ2) is 5.91. The molecular formula is C13H6Br2ClFN2. The molecule has 2 aromatic rings. The highest BCUT2D eigenvalue weighted by Crippen LogP contribution is 2.32. The molecule has 0 fully saturated rings. The summed E-state index contributed by atoms with van der Waals surface area (Å²) in [7, 11) is 0. The Bertz CT molecular complexity index is 683. The third kappa shape index (κ3) is 3.08. The highest BCUT2D eigenvalue weighted by atomic mass is 79.9. The summed E-state index contributed by atoms with van der Waals surface area (Å²) in [5.74, 6) is -0.522. The number of nitriles is 1. The van der Waals surface area contributed by atoms with Crippen molar-refractivity contribution in [3.63, 3.8) is 0 Å². The molecule has 19 heavy (non-hydrogen) atoms. The van der Waals surface area contributed by atoms with Crippen molar-refractivity contribution in [1.29, 1.82) is 5.26 Å². The lowest BCUT2D eigenvalue weighted by Crippen LogP contribution is -1.97. The number of benzene rings is 2. The summed E-state index contributed by atoms with van der Waals surface area (Å²) in [4.78, 5) is 0. The SMILES string of the molecule is N#Cc1ccc(Nc2cc(Cl)ccc2Br)c(F)c1Br. The Balaban J connectivity index is 2.42. The first-order valence-corrected chi connectivity index (χ1v) is 7.09. The minimum Gasteiger partial charge on any atom is -0.352 e. The van der Waals surface area contributed by atoms with Gasteiger partial charge in [0.2, 0.25) is 0 Å². The average Bonchev–Trinajstić information content (AvgIpc) is 2.39. The van der Waals surface area contributed by atoms with Crippen molar-refractivity contribution in [3.8, 4) is 6.07 Å². The molecule has 0 aromatic heterocycles. The van der Waals surface area contributed by atoms with E-state index in [0.29, 0.717) is 10.7 Å². The van der Waals surface area contributed by atoms with Gasteiger partial charge in [0.15, 0.2) is 5.82 Å². The predicted molar refractivity (Wildman–Crippen MR) is 81.2 cm³/mol. The van der Waals surface area contributed by atoms with E-state index >= 15 is 0 Å². The van der Waals surface area contributed by atoms with Crippen molar-refractivity contribution >= 4 is 54.8 Å². The van der Waals surface area contributed by atoms with Gasteiger partial charge in [0.05, 0.1) is 21.4 Å². The van der Waals surface area contributed by atoms with E-state index in [9.17, 15) is 4.39 Å². The zero-order valence-electron chi connectivity index (χ0n) is 9.35. The van der Waals surface area contributed by atoms with Crippen molar-refractivity contribution in [2.75, 3.05) is 5.32 Å². The normalized spacial score (nSPS) is 10.1. The largest absolute Gasteiger partial charge is 0.352 e. The quantitative estimate of drug-likeness (QED) is 0.705. The van der Waals surface area contributed by atoms with Crippen LogP contribution in [0.4, 0.5) is 15.8 Å². The summed E-state index contributed by atoms with van der Waals surface area (Å²) in [5.41, 5.74) is 1.14. The average molecular weight is 404 g/mol. The van der Waals surface area contributed by atoms with Crippen molar-refractivity contribution in [3.05, 3.63) is 55.7 Å². The Labute approximate surface area is 131 Å². The molecule has 0 saturated heterocycles. The maximum absolute atomic E-state index is 14.1. The molecule has 6 heteroatoms. The van der Waals surface area contributed by atoms with Crippen LogP contribution < -0.4 is 5.32 Å². The molecule has 96 valence electrons. The second-order valence-corrected chi connectivity index (χ2v) is 5.73. The first kappa shape index (κ1) is 14.3. The first-order valence-electron chi connectivity index (χ1n) is 5.13. The molecule has 0 unspecified atom stereocenters. The molecule has 0 bridgehead atoms. The van der Waals surface area contributed by atoms with Crippen LogP contribution >= 0.6 is 43.5 Å². The second-order valence-electron chi connectivity index (χ2n) is 3.65. The number of nitrogens with one attached hydrogen (secondary N) is 1. The monoisotopic (exact) mass is 402 g/mol. The molecule has 0 atom stereocenters. The Hall–Kier alpha value is -1.09. The summed E-state index contributed by atoms with van der Waals surface area (Å²) in [6, 6.07) is 10.1. The molecule has 0 heterocycles. The number of hydrogen-bond acceptors (Lipinski definition) is 2. The molecule has 2 aromatic carbocycles. The van der Waals surface area contributed by atoms with E-state index in [0.717, 1.165) is 4.47 Å². The lowest BCUT2D eigenvalue weighted by molar-refractivity contribution is 0.624. The van der Waals surface area contributed by atoms with Gasteiger partial charge in [0.25, 0.3) is 0 Å². The van der Waals surface area contributed by atoms with Gasteiger partial charge >= 0.3 is 0 Å². The van der Waals surface area contributed by atoms with Gasteiger partial charge in [-0.15, -0.1) is 0 Å². The van der Waals surface area contributed by atoms with Crippen LogP contribution in [0, 0.1) is 17.1 Å². The number of anilines is 2. The molecule has 1 N–H and O–H groups in total. The van der Waals surface area contributed by atoms with Crippen molar-refractivity contribution in [2.24, 2.45) is 0 Å². The summed E-state index contributed by atoms with van der Waals surface area (Å²) in [5, 5.41) is 12.3. The first-order chi connectivity index (χ1) is 9.02. The number of halogens is 4. The minimum atomic E-state index is -0.522. The van der Waals surface area contributed by atoms with Gasteiger partial charge in [-0.05, 0) is 62.2 Å². The highest BCUT2D eigenvalue weighted by molar-refractivity contribution is 9.11. The molecule has 0 spiro atoms. The lowest BCUT2D eigenvalue weighted by Gasteiger charge is -2.11. The molecule has 2 rings (SSSR count). The van der Waals surface area contributed by atoms with Crippen LogP contribution in [-0.2, 0) is 0 Å². The molecule has 0 aliphatic carbocycles.